The number of rotatable bonds is 15. The Kier molecular flexibility index (Phi) is 17.5. The number of ketones is 1. The van der Waals surface area contributed by atoms with E-state index in [9.17, 15) is 4.79 Å². The van der Waals surface area contributed by atoms with Crippen LogP contribution >= 0.6 is 0 Å². The van der Waals surface area contributed by atoms with Gasteiger partial charge in [0.15, 0.2) is 5.78 Å². The minimum Gasteiger partial charge on any atom is -0.392 e. The molecule has 0 atom stereocenters. The minimum atomic E-state index is -0.0816. The van der Waals surface area contributed by atoms with Gasteiger partial charge in [0.1, 0.15) is 0 Å². The zero-order valence-corrected chi connectivity index (χ0v) is 14.8. The van der Waals surface area contributed by atoms with Crippen LogP contribution in [0.5, 0.6) is 0 Å². The van der Waals surface area contributed by atoms with Crippen LogP contribution < -0.4 is 0 Å². The number of unbranched alkanes of at least 4 members (excludes halogenated alkanes) is 7. The van der Waals surface area contributed by atoms with Crippen LogP contribution in [-0.4, -0.2) is 17.5 Å². The molecule has 130 valence electrons. The summed E-state index contributed by atoms with van der Waals surface area (Å²) >= 11 is 0. The topological polar surface area (TPSA) is 37.3 Å². The summed E-state index contributed by atoms with van der Waals surface area (Å²) in [5.41, 5.74) is 0. The van der Waals surface area contributed by atoms with Gasteiger partial charge < -0.3 is 5.11 Å². The second kappa shape index (κ2) is 18.6. The molecule has 0 radical (unpaired) electrons. The number of carbonyl (C=O) groups is 1. The van der Waals surface area contributed by atoms with Crippen LogP contribution in [0.15, 0.2) is 48.6 Å². The Morgan fingerprint density at radius 2 is 1.30 bits per heavy atom. The van der Waals surface area contributed by atoms with E-state index >= 15 is 0 Å². The molecule has 23 heavy (non-hydrogen) atoms. The Morgan fingerprint density at radius 3 is 1.91 bits per heavy atom. The highest BCUT2D eigenvalue weighted by Gasteiger charge is 1.89. The number of allylic oxidation sites excluding steroid dienone is 7. The lowest BCUT2D eigenvalue weighted by Crippen LogP contribution is -1.86. The molecule has 0 fully saturated rings. The van der Waals surface area contributed by atoms with E-state index in [1.165, 1.54) is 50.7 Å². The quantitative estimate of drug-likeness (QED) is 0.239. The van der Waals surface area contributed by atoms with Crippen LogP contribution in [-0.2, 0) is 4.79 Å². The first-order valence-corrected chi connectivity index (χ1v) is 9.09. The number of hydrogen-bond donors (Lipinski definition) is 1. The number of aliphatic hydroxyl groups excluding tert-OH is 1. The molecule has 0 rings (SSSR count). The van der Waals surface area contributed by atoms with Crippen LogP contribution in [0.25, 0.3) is 0 Å². The van der Waals surface area contributed by atoms with Gasteiger partial charge in [-0.15, -0.1) is 0 Å². The van der Waals surface area contributed by atoms with Crippen molar-refractivity contribution >= 4 is 5.78 Å². The molecule has 0 unspecified atom stereocenters. The van der Waals surface area contributed by atoms with Crippen molar-refractivity contribution in [1.29, 1.82) is 0 Å². The first-order valence-electron chi connectivity index (χ1n) is 9.09. The van der Waals surface area contributed by atoms with E-state index in [2.05, 4.69) is 31.2 Å². The minimum absolute atomic E-state index is 0.0512. The maximum absolute atomic E-state index is 11.2. The van der Waals surface area contributed by atoms with Gasteiger partial charge in [-0.3, -0.25) is 4.79 Å². The van der Waals surface area contributed by atoms with Gasteiger partial charge in [-0.2, -0.15) is 0 Å². The van der Waals surface area contributed by atoms with Crippen molar-refractivity contribution in [2.75, 3.05) is 6.61 Å². The van der Waals surface area contributed by atoms with Gasteiger partial charge in [-0.05, 0) is 57.1 Å². The SMILES string of the molecule is CCCCC/C=C/C/C=C/CCCCC/C=C/C(=O)/C=C/CO. The summed E-state index contributed by atoms with van der Waals surface area (Å²) < 4.78 is 0. The van der Waals surface area contributed by atoms with Crippen molar-refractivity contribution in [1.82, 2.24) is 0 Å². The van der Waals surface area contributed by atoms with E-state index < -0.39 is 0 Å². The second-order valence-electron chi connectivity index (χ2n) is 5.70. The van der Waals surface area contributed by atoms with Crippen molar-refractivity contribution in [3.63, 3.8) is 0 Å². The molecule has 0 aromatic rings. The van der Waals surface area contributed by atoms with Crippen LogP contribution in [0.3, 0.4) is 0 Å². The molecule has 0 aliphatic heterocycles. The van der Waals surface area contributed by atoms with Gasteiger partial charge in [0.05, 0.1) is 6.61 Å². The molecule has 0 aliphatic carbocycles. The maximum atomic E-state index is 11.2. The molecule has 0 spiro atoms. The lowest BCUT2D eigenvalue weighted by molar-refractivity contribution is -0.110. The van der Waals surface area contributed by atoms with Gasteiger partial charge in [0, 0.05) is 0 Å². The maximum Gasteiger partial charge on any atom is 0.178 e. The lowest BCUT2D eigenvalue weighted by atomic mass is 10.1. The summed E-state index contributed by atoms with van der Waals surface area (Å²) in [5, 5.41) is 8.55. The van der Waals surface area contributed by atoms with Crippen LogP contribution in [0, 0.1) is 0 Å². The fraction of sp³-hybridized carbons (Fsp3) is 0.571. The van der Waals surface area contributed by atoms with Gasteiger partial charge in [-0.1, -0.05) is 62.6 Å². The molecule has 0 saturated heterocycles. The number of aliphatic hydroxyl groups is 1. The highest BCUT2D eigenvalue weighted by molar-refractivity contribution is 5.99. The monoisotopic (exact) mass is 318 g/mol. The third kappa shape index (κ3) is 18.5. The van der Waals surface area contributed by atoms with E-state index in [-0.39, 0.29) is 12.4 Å². The number of carbonyl (C=O) groups excluding carboxylic acids is 1. The van der Waals surface area contributed by atoms with Gasteiger partial charge in [0.25, 0.3) is 0 Å². The van der Waals surface area contributed by atoms with Gasteiger partial charge in [0.2, 0.25) is 0 Å². The summed E-state index contributed by atoms with van der Waals surface area (Å²) in [6.45, 7) is 2.15. The lowest BCUT2D eigenvalue weighted by Gasteiger charge is -1.95. The Bertz CT molecular complexity index is 375. The Balaban J connectivity index is 3.38. The highest BCUT2D eigenvalue weighted by atomic mass is 16.2. The Morgan fingerprint density at radius 1 is 0.739 bits per heavy atom. The van der Waals surface area contributed by atoms with Crippen LogP contribution in [0.4, 0.5) is 0 Å². The van der Waals surface area contributed by atoms with Crippen molar-refractivity contribution < 1.29 is 9.90 Å². The van der Waals surface area contributed by atoms with Crippen molar-refractivity contribution in [2.45, 2.75) is 71.1 Å². The van der Waals surface area contributed by atoms with Crippen molar-refractivity contribution in [3.8, 4) is 0 Å². The molecule has 0 aromatic carbocycles. The molecular formula is C21H34O2. The van der Waals surface area contributed by atoms with Crippen LogP contribution in [0.2, 0.25) is 0 Å². The molecule has 0 amide bonds. The number of hydrogen-bond acceptors (Lipinski definition) is 2. The zero-order valence-electron chi connectivity index (χ0n) is 14.8. The predicted molar refractivity (Wildman–Crippen MR) is 100 cm³/mol. The van der Waals surface area contributed by atoms with Gasteiger partial charge in [-0.25, -0.2) is 0 Å². The van der Waals surface area contributed by atoms with E-state index in [0.29, 0.717) is 0 Å². The average molecular weight is 319 g/mol. The van der Waals surface area contributed by atoms with Gasteiger partial charge >= 0.3 is 0 Å². The summed E-state index contributed by atoms with van der Waals surface area (Å²) in [6.07, 6.45) is 27.3. The van der Waals surface area contributed by atoms with Crippen molar-refractivity contribution in [3.05, 3.63) is 48.6 Å². The molecule has 2 nitrogen and oxygen atoms in total. The Labute approximate surface area is 142 Å². The van der Waals surface area contributed by atoms with E-state index in [1.54, 1.807) is 6.08 Å². The zero-order chi connectivity index (χ0) is 17.0. The third-order valence-electron chi connectivity index (χ3n) is 3.49. The standard InChI is InChI=1S/C21H34O2/c1-2-3-4-5-6-7-8-9-10-11-12-13-14-15-16-18-21(23)19-17-20-22/h6-7,9-10,16-19,22H,2-5,8,11-15,20H2,1H3/b7-6+,10-9+,18-16+,19-17+. The van der Waals surface area contributed by atoms with E-state index in [4.69, 9.17) is 5.11 Å². The van der Waals surface area contributed by atoms with E-state index in [0.717, 1.165) is 25.7 Å². The normalized spacial score (nSPS) is 12.4. The first-order chi connectivity index (χ1) is 11.3. The molecule has 0 aliphatic rings. The summed E-state index contributed by atoms with van der Waals surface area (Å²) in [6, 6.07) is 0. The summed E-state index contributed by atoms with van der Waals surface area (Å²) in [4.78, 5) is 11.2. The fourth-order valence-electron chi connectivity index (χ4n) is 2.14. The average Bonchev–Trinajstić information content (AvgIpc) is 2.56. The highest BCUT2D eigenvalue weighted by Crippen LogP contribution is 2.05. The summed E-state index contributed by atoms with van der Waals surface area (Å²) in [7, 11) is 0. The largest absolute Gasteiger partial charge is 0.392 e. The van der Waals surface area contributed by atoms with Crippen molar-refractivity contribution in [2.24, 2.45) is 0 Å². The molecule has 1 N–H and O–H groups in total. The molecule has 0 aromatic heterocycles. The smallest absolute Gasteiger partial charge is 0.178 e. The first kappa shape index (κ1) is 21.6. The Hall–Kier alpha value is -1.41. The predicted octanol–water partition coefficient (Wildman–Crippen LogP) is 5.69. The third-order valence-corrected chi connectivity index (χ3v) is 3.49. The fourth-order valence-corrected chi connectivity index (χ4v) is 2.14. The second-order valence-corrected chi connectivity index (χ2v) is 5.70. The van der Waals surface area contributed by atoms with Crippen LogP contribution in [0.1, 0.15) is 71.1 Å². The molecule has 0 saturated carbocycles. The molecular weight excluding hydrogens is 284 g/mol. The summed E-state index contributed by atoms with van der Waals surface area (Å²) in [5.74, 6) is -0.0512. The molecule has 0 heterocycles. The molecule has 0 bridgehead atoms. The molecule has 2 heteroatoms. The van der Waals surface area contributed by atoms with E-state index in [1.807, 2.05) is 6.08 Å².